The van der Waals surface area contributed by atoms with E-state index >= 15 is 0 Å². The van der Waals surface area contributed by atoms with Crippen LogP contribution in [0.25, 0.3) is 0 Å². The van der Waals surface area contributed by atoms with Crippen LogP contribution in [0, 0.1) is 0 Å². The molecule has 3 heteroatoms. The Kier molecular flexibility index (Phi) is 15.5. The molecule has 0 fully saturated rings. The number of rotatable bonds is 18. The normalized spacial score (nSPS) is 14.9. The topological polar surface area (TPSA) is 26.5 Å². The van der Waals surface area contributed by atoms with Crippen LogP contribution in [-0.2, 0) is 0 Å². The Morgan fingerprint density at radius 1 is 0.852 bits per heavy atom. The first-order chi connectivity index (χ1) is 13.3. The predicted molar refractivity (Wildman–Crippen MR) is 119 cm³/mol. The zero-order valence-electron chi connectivity index (χ0n) is 18.4. The number of allylic oxidation sites excluding steroid dienone is 2. The maximum Gasteiger partial charge on any atom is 0.247 e. The van der Waals surface area contributed by atoms with Gasteiger partial charge in [0, 0.05) is 6.42 Å². The average molecular weight is 380 g/mol. The third-order valence-electron chi connectivity index (χ3n) is 5.78. The van der Waals surface area contributed by atoms with Crippen molar-refractivity contribution in [3.63, 3.8) is 0 Å². The predicted octanol–water partition coefficient (Wildman–Crippen LogP) is 5.76. The number of hydrogen-bond donors (Lipinski definition) is 1. The third-order valence-corrected chi connectivity index (χ3v) is 5.78. The lowest BCUT2D eigenvalue weighted by Gasteiger charge is -2.11. The second-order valence-electron chi connectivity index (χ2n) is 8.04. The minimum atomic E-state index is 0.271. The molecule has 0 unspecified atom stereocenters. The van der Waals surface area contributed by atoms with E-state index in [2.05, 4.69) is 35.5 Å². The molecule has 1 N–H and O–H groups in total. The lowest BCUT2D eigenvalue weighted by atomic mass is 10.1. The highest BCUT2D eigenvalue weighted by Crippen LogP contribution is 2.13. The quantitative estimate of drug-likeness (QED) is 0.186. The molecule has 0 bridgehead atoms. The number of β-amino-alcohol motifs (C(OH)–C–C–N with tert-alkyl or cyclic N) is 1. The summed E-state index contributed by atoms with van der Waals surface area (Å²) in [5, 5.41) is 9.23. The summed E-state index contributed by atoms with van der Waals surface area (Å²) in [7, 11) is 0. The molecule has 0 atom stereocenters. The van der Waals surface area contributed by atoms with Crippen LogP contribution in [0.15, 0.2) is 12.2 Å². The van der Waals surface area contributed by atoms with E-state index in [1.165, 1.54) is 95.7 Å². The molecule has 1 aliphatic heterocycles. The first-order valence-electron chi connectivity index (χ1n) is 11.9. The minimum absolute atomic E-state index is 0.271. The molecule has 1 heterocycles. The van der Waals surface area contributed by atoms with Gasteiger partial charge in [0.2, 0.25) is 5.84 Å². The van der Waals surface area contributed by atoms with Crippen LogP contribution in [0.3, 0.4) is 0 Å². The largest absolute Gasteiger partial charge is 0.392 e. The molecule has 0 saturated carbocycles. The Balaban J connectivity index is 1.95. The standard InChI is InChI=1S/C24H47N2O/c1-3-5-6-7-8-9-10-11-12-13-14-15-16-17-18-19-24-25(4-2)20-21-26(24)22-23-27/h11-12,27H,3-10,13-23H2,1-2H3/q+1/b12-11-. The fourth-order valence-corrected chi connectivity index (χ4v) is 4.07. The van der Waals surface area contributed by atoms with Gasteiger partial charge in [0.05, 0.1) is 13.2 Å². The summed E-state index contributed by atoms with van der Waals surface area (Å²) < 4.78 is 2.39. The van der Waals surface area contributed by atoms with Crippen molar-refractivity contribution >= 4 is 5.84 Å². The summed E-state index contributed by atoms with van der Waals surface area (Å²) >= 11 is 0. The monoisotopic (exact) mass is 379 g/mol. The third kappa shape index (κ3) is 11.6. The van der Waals surface area contributed by atoms with Gasteiger partial charge in [-0.1, -0.05) is 70.4 Å². The molecule has 0 saturated heterocycles. The van der Waals surface area contributed by atoms with Crippen LogP contribution in [0.2, 0.25) is 0 Å². The van der Waals surface area contributed by atoms with E-state index in [0.29, 0.717) is 0 Å². The number of amidine groups is 1. The van der Waals surface area contributed by atoms with E-state index in [-0.39, 0.29) is 6.61 Å². The van der Waals surface area contributed by atoms with E-state index in [1.54, 1.807) is 0 Å². The van der Waals surface area contributed by atoms with E-state index < -0.39 is 0 Å². The highest BCUT2D eigenvalue weighted by Gasteiger charge is 2.27. The molecule has 0 radical (unpaired) electrons. The molecule has 0 aromatic heterocycles. The van der Waals surface area contributed by atoms with E-state index in [0.717, 1.165) is 26.2 Å². The number of likely N-dealkylation sites (N-methyl/N-ethyl adjacent to an activating group) is 1. The first kappa shape index (κ1) is 24.2. The molecule has 0 amide bonds. The number of nitrogens with zero attached hydrogens (tertiary/aromatic N) is 2. The summed E-state index contributed by atoms with van der Waals surface area (Å²) in [5.41, 5.74) is 0. The van der Waals surface area contributed by atoms with Gasteiger partial charge in [0.15, 0.2) is 0 Å². The molecule has 0 spiro atoms. The van der Waals surface area contributed by atoms with Crippen molar-refractivity contribution in [1.82, 2.24) is 4.90 Å². The second kappa shape index (κ2) is 17.3. The van der Waals surface area contributed by atoms with Gasteiger partial charge in [-0.3, -0.25) is 9.48 Å². The Morgan fingerprint density at radius 2 is 1.44 bits per heavy atom. The van der Waals surface area contributed by atoms with E-state index in [4.69, 9.17) is 0 Å². The van der Waals surface area contributed by atoms with Crippen molar-refractivity contribution in [2.24, 2.45) is 0 Å². The van der Waals surface area contributed by atoms with Crippen molar-refractivity contribution < 1.29 is 9.68 Å². The van der Waals surface area contributed by atoms with Crippen LogP contribution < -0.4 is 0 Å². The van der Waals surface area contributed by atoms with Gasteiger partial charge in [0.25, 0.3) is 0 Å². The van der Waals surface area contributed by atoms with Crippen molar-refractivity contribution in [2.45, 2.75) is 104 Å². The van der Waals surface area contributed by atoms with Crippen molar-refractivity contribution in [2.75, 3.05) is 32.8 Å². The molecule has 0 aliphatic carbocycles. The smallest absolute Gasteiger partial charge is 0.247 e. The van der Waals surface area contributed by atoms with Gasteiger partial charge in [-0.15, -0.1) is 0 Å². The summed E-state index contributed by atoms with van der Waals surface area (Å²) in [4.78, 5) is 2.49. The van der Waals surface area contributed by atoms with Crippen molar-refractivity contribution in [1.29, 1.82) is 0 Å². The Hall–Kier alpha value is -0.830. The Labute approximate surface area is 169 Å². The lowest BCUT2D eigenvalue weighted by molar-refractivity contribution is -0.521. The van der Waals surface area contributed by atoms with Crippen molar-refractivity contribution in [3.05, 3.63) is 12.2 Å². The molecular weight excluding hydrogens is 332 g/mol. The van der Waals surface area contributed by atoms with E-state index in [9.17, 15) is 5.11 Å². The fraction of sp³-hybridized carbons (Fsp3) is 0.875. The summed E-state index contributed by atoms with van der Waals surface area (Å²) in [6, 6.07) is 0. The molecule has 158 valence electrons. The maximum atomic E-state index is 9.23. The second-order valence-corrected chi connectivity index (χ2v) is 8.04. The highest BCUT2D eigenvalue weighted by atomic mass is 16.3. The van der Waals surface area contributed by atoms with Gasteiger partial charge in [0.1, 0.15) is 19.6 Å². The zero-order valence-corrected chi connectivity index (χ0v) is 18.4. The number of aliphatic hydroxyl groups is 1. The highest BCUT2D eigenvalue weighted by molar-refractivity contribution is 5.78. The Morgan fingerprint density at radius 3 is 2.04 bits per heavy atom. The summed E-state index contributed by atoms with van der Waals surface area (Å²) in [5.74, 6) is 1.48. The molecule has 0 aromatic carbocycles. The van der Waals surface area contributed by atoms with Gasteiger partial charge >= 0.3 is 0 Å². The van der Waals surface area contributed by atoms with Crippen LogP contribution in [0.1, 0.15) is 104 Å². The molecular formula is C24H47N2O+. The van der Waals surface area contributed by atoms with Gasteiger partial charge in [-0.05, 0) is 39.0 Å². The average Bonchev–Trinajstić information content (AvgIpc) is 3.07. The molecule has 1 aliphatic rings. The Bertz CT molecular complexity index is 403. The maximum absolute atomic E-state index is 9.23. The number of unbranched alkanes of at least 4 members (excludes halogenated alkanes) is 11. The van der Waals surface area contributed by atoms with E-state index in [1.807, 2.05) is 0 Å². The lowest BCUT2D eigenvalue weighted by Crippen LogP contribution is -2.30. The van der Waals surface area contributed by atoms with Crippen LogP contribution in [0.4, 0.5) is 0 Å². The minimum Gasteiger partial charge on any atom is -0.392 e. The molecule has 27 heavy (non-hydrogen) atoms. The van der Waals surface area contributed by atoms with Crippen molar-refractivity contribution in [3.8, 4) is 0 Å². The summed E-state index contributed by atoms with van der Waals surface area (Å²) in [6.45, 7) is 8.92. The van der Waals surface area contributed by atoms with Crippen LogP contribution in [-0.4, -0.2) is 53.2 Å². The summed E-state index contributed by atoms with van der Waals surface area (Å²) in [6.07, 6.45) is 23.7. The molecule has 0 aromatic rings. The van der Waals surface area contributed by atoms with Gasteiger partial charge < -0.3 is 5.11 Å². The molecule has 1 rings (SSSR count). The van der Waals surface area contributed by atoms with Gasteiger partial charge in [-0.2, -0.15) is 0 Å². The SMILES string of the molecule is CCCCCCCC/C=C\CCCCCCCC1=[N+](CCO)CCN1CC. The fourth-order valence-electron chi connectivity index (χ4n) is 4.07. The number of hydrogen-bond acceptors (Lipinski definition) is 2. The van der Waals surface area contributed by atoms with Gasteiger partial charge in [-0.25, -0.2) is 0 Å². The number of aliphatic hydroxyl groups excluding tert-OH is 1. The molecule has 3 nitrogen and oxygen atoms in total. The zero-order chi connectivity index (χ0) is 19.6. The van der Waals surface area contributed by atoms with Crippen LogP contribution in [0.5, 0.6) is 0 Å². The first-order valence-corrected chi connectivity index (χ1v) is 11.9. The van der Waals surface area contributed by atoms with Crippen LogP contribution >= 0.6 is 0 Å².